The van der Waals surface area contributed by atoms with E-state index in [0.29, 0.717) is 26.2 Å². The van der Waals surface area contributed by atoms with Crippen molar-refractivity contribution in [1.29, 1.82) is 0 Å². The predicted molar refractivity (Wildman–Crippen MR) is 147 cm³/mol. The third-order valence-electron chi connectivity index (χ3n) is 6.64. The standard InChI is InChI=1S/C30H42N2O7/c1-30(2,3)29(36)39-21-24(33)26(37-19-22-11-7-5-8-12-22)25(34)27(38-20-23-13-9-6-10-14-23)28(35)32-17-15-31(4)16-18-32/h5-14,24-27,33-34H,15-21H2,1-4H3/t24?,25-,26+,27+/m0/s1. The van der Waals surface area contributed by atoms with E-state index >= 15 is 0 Å². The molecule has 2 N–H and O–H groups in total. The largest absolute Gasteiger partial charge is 0.462 e. The first kappa shape index (κ1) is 30.7. The Morgan fingerprint density at radius 3 is 1.87 bits per heavy atom. The lowest BCUT2D eigenvalue weighted by molar-refractivity contribution is -0.185. The number of likely N-dealkylation sites (N-methyl/N-ethyl adjacent to an activating group) is 1. The van der Waals surface area contributed by atoms with E-state index in [0.717, 1.165) is 11.1 Å². The van der Waals surface area contributed by atoms with E-state index in [2.05, 4.69) is 4.90 Å². The summed E-state index contributed by atoms with van der Waals surface area (Å²) in [5, 5.41) is 22.6. The second-order valence-electron chi connectivity index (χ2n) is 11.0. The fourth-order valence-corrected chi connectivity index (χ4v) is 4.13. The molecule has 2 aromatic carbocycles. The summed E-state index contributed by atoms with van der Waals surface area (Å²) in [6.07, 6.45) is -5.51. The molecule has 0 aromatic heterocycles. The van der Waals surface area contributed by atoms with Gasteiger partial charge in [-0.15, -0.1) is 0 Å². The number of hydrogen-bond acceptors (Lipinski definition) is 8. The van der Waals surface area contributed by atoms with Gasteiger partial charge < -0.3 is 34.2 Å². The molecule has 2 aromatic rings. The number of aliphatic hydroxyl groups is 2. The first-order valence-corrected chi connectivity index (χ1v) is 13.4. The number of esters is 1. The minimum absolute atomic E-state index is 0.0704. The van der Waals surface area contributed by atoms with Crippen LogP contribution in [0.2, 0.25) is 0 Å². The van der Waals surface area contributed by atoms with E-state index in [4.69, 9.17) is 14.2 Å². The van der Waals surface area contributed by atoms with Gasteiger partial charge >= 0.3 is 5.97 Å². The molecule has 9 heteroatoms. The van der Waals surface area contributed by atoms with Gasteiger partial charge in [0.05, 0.1) is 18.6 Å². The third kappa shape index (κ3) is 9.40. The van der Waals surface area contributed by atoms with Gasteiger partial charge in [0.1, 0.15) is 24.9 Å². The van der Waals surface area contributed by atoms with Crippen molar-refractivity contribution in [3.63, 3.8) is 0 Å². The fraction of sp³-hybridized carbons (Fsp3) is 0.533. The van der Waals surface area contributed by atoms with Gasteiger partial charge in [0.2, 0.25) is 0 Å². The van der Waals surface area contributed by atoms with Gasteiger partial charge in [-0.05, 0) is 38.9 Å². The summed E-state index contributed by atoms with van der Waals surface area (Å²) < 4.78 is 17.4. The fourth-order valence-electron chi connectivity index (χ4n) is 4.13. The van der Waals surface area contributed by atoms with Crippen LogP contribution < -0.4 is 0 Å². The summed E-state index contributed by atoms with van der Waals surface area (Å²) in [7, 11) is 1.99. The van der Waals surface area contributed by atoms with Crippen molar-refractivity contribution in [2.45, 2.75) is 58.4 Å². The van der Waals surface area contributed by atoms with Gasteiger partial charge in [0, 0.05) is 26.2 Å². The molecule has 3 rings (SSSR count). The number of hydrogen-bond donors (Lipinski definition) is 2. The van der Waals surface area contributed by atoms with E-state index in [1.165, 1.54) is 0 Å². The molecular weight excluding hydrogens is 500 g/mol. The van der Waals surface area contributed by atoms with Gasteiger partial charge in [-0.2, -0.15) is 0 Å². The molecular formula is C30H42N2O7. The maximum Gasteiger partial charge on any atom is 0.311 e. The van der Waals surface area contributed by atoms with Crippen molar-refractivity contribution in [1.82, 2.24) is 9.80 Å². The highest BCUT2D eigenvalue weighted by Gasteiger charge is 2.41. The van der Waals surface area contributed by atoms with Crippen LogP contribution in [-0.2, 0) is 37.0 Å². The number of carbonyl (C=O) groups excluding carboxylic acids is 2. The molecule has 1 heterocycles. The molecule has 0 spiro atoms. The zero-order chi connectivity index (χ0) is 28.4. The summed E-state index contributed by atoms with van der Waals surface area (Å²) in [4.78, 5) is 29.8. The molecule has 0 bridgehead atoms. The summed E-state index contributed by atoms with van der Waals surface area (Å²) in [5.41, 5.74) is 0.889. The Bertz CT molecular complexity index is 1020. The molecule has 1 aliphatic heterocycles. The second-order valence-corrected chi connectivity index (χ2v) is 11.0. The van der Waals surface area contributed by atoms with Crippen molar-refractivity contribution in [2.24, 2.45) is 5.41 Å². The molecule has 9 nitrogen and oxygen atoms in total. The van der Waals surface area contributed by atoms with Gasteiger partial charge in [0.25, 0.3) is 5.91 Å². The number of aliphatic hydroxyl groups excluding tert-OH is 2. The quantitative estimate of drug-likeness (QED) is 0.393. The molecule has 1 aliphatic rings. The summed E-state index contributed by atoms with van der Waals surface area (Å²) in [5.74, 6) is -0.873. The van der Waals surface area contributed by atoms with E-state index in [1.54, 1.807) is 25.7 Å². The van der Waals surface area contributed by atoms with Crippen molar-refractivity contribution < 1.29 is 34.0 Å². The Hall–Kier alpha value is -2.82. The summed E-state index contributed by atoms with van der Waals surface area (Å²) in [6.45, 7) is 7.28. The van der Waals surface area contributed by atoms with Gasteiger partial charge in [-0.25, -0.2) is 0 Å². The SMILES string of the molecule is CN1CCN(C(=O)[C@H](OCc2ccccc2)[C@@H](O)[C@H](OCc2ccccc2)C(O)COC(=O)C(C)(C)C)CC1. The zero-order valence-electron chi connectivity index (χ0n) is 23.4. The highest BCUT2D eigenvalue weighted by atomic mass is 16.6. The first-order chi connectivity index (χ1) is 18.6. The Morgan fingerprint density at radius 1 is 0.846 bits per heavy atom. The van der Waals surface area contributed by atoms with Crippen molar-refractivity contribution in [3.8, 4) is 0 Å². The van der Waals surface area contributed by atoms with Crippen LogP contribution in [0.15, 0.2) is 60.7 Å². The lowest BCUT2D eigenvalue weighted by atomic mass is 9.97. The Balaban J connectivity index is 1.82. The molecule has 0 saturated carbocycles. The Kier molecular flexibility index (Phi) is 11.4. The number of piperazine rings is 1. The lowest BCUT2D eigenvalue weighted by Gasteiger charge is -2.37. The number of amides is 1. The van der Waals surface area contributed by atoms with Crippen LogP contribution >= 0.6 is 0 Å². The number of benzene rings is 2. The van der Waals surface area contributed by atoms with E-state index in [1.807, 2.05) is 67.7 Å². The average molecular weight is 543 g/mol. The molecule has 0 aliphatic carbocycles. The molecule has 1 unspecified atom stereocenters. The van der Waals surface area contributed by atoms with Crippen molar-refractivity contribution >= 4 is 11.9 Å². The van der Waals surface area contributed by atoms with E-state index in [-0.39, 0.29) is 19.1 Å². The number of rotatable bonds is 12. The average Bonchev–Trinajstić information content (AvgIpc) is 2.92. The Labute approximate surface area is 231 Å². The van der Waals surface area contributed by atoms with E-state index < -0.39 is 42.4 Å². The maximum atomic E-state index is 13.7. The van der Waals surface area contributed by atoms with Crippen LogP contribution in [0.25, 0.3) is 0 Å². The monoisotopic (exact) mass is 542 g/mol. The highest BCUT2D eigenvalue weighted by Crippen LogP contribution is 2.21. The van der Waals surface area contributed by atoms with Crippen LogP contribution in [0, 0.1) is 5.41 Å². The maximum absolute atomic E-state index is 13.7. The molecule has 0 radical (unpaired) electrons. The molecule has 214 valence electrons. The molecule has 1 amide bonds. The van der Waals surface area contributed by atoms with Crippen LogP contribution in [0.4, 0.5) is 0 Å². The van der Waals surface area contributed by atoms with E-state index in [9.17, 15) is 19.8 Å². The topological polar surface area (TPSA) is 109 Å². The lowest BCUT2D eigenvalue weighted by Crippen LogP contribution is -2.57. The minimum Gasteiger partial charge on any atom is -0.462 e. The second kappa shape index (κ2) is 14.5. The third-order valence-corrected chi connectivity index (χ3v) is 6.64. The minimum atomic E-state index is -1.53. The smallest absolute Gasteiger partial charge is 0.311 e. The van der Waals surface area contributed by atoms with Crippen molar-refractivity contribution in [2.75, 3.05) is 39.8 Å². The van der Waals surface area contributed by atoms with Crippen LogP contribution in [0.3, 0.4) is 0 Å². The van der Waals surface area contributed by atoms with Gasteiger partial charge in [-0.1, -0.05) is 60.7 Å². The molecule has 39 heavy (non-hydrogen) atoms. The van der Waals surface area contributed by atoms with Crippen molar-refractivity contribution in [3.05, 3.63) is 71.8 Å². The number of carbonyl (C=O) groups is 2. The van der Waals surface area contributed by atoms with Crippen LogP contribution in [0.5, 0.6) is 0 Å². The Morgan fingerprint density at radius 2 is 1.36 bits per heavy atom. The number of nitrogens with zero attached hydrogens (tertiary/aromatic N) is 2. The molecule has 4 atom stereocenters. The van der Waals surface area contributed by atoms with Crippen LogP contribution in [-0.4, -0.2) is 96.1 Å². The van der Waals surface area contributed by atoms with Crippen LogP contribution in [0.1, 0.15) is 31.9 Å². The van der Waals surface area contributed by atoms with Gasteiger partial charge in [0.15, 0.2) is 6.10 Å². The summed E-state index contributed by atoms with van der Waals surface area (Å²) >= 11 is 0. The summed E-state index contributed by atoms with van der Waals surface area (Å²) in [6, 6.07) is 18.6. The van der Waals surface area contributed by atoms with Gasteiger partial charge in [-0.3, -0.25) is 9.59 Å². The highest BCUT2D eigenvalue weighted by molar-refractivity contribution is 5.82. The number of ether oxygens (including phenoxy) is 3. The zero-order valence-corrected chi connectivity index (χ0v) is 23.4. The molecule has 1 fully saturated rings. The normalized spacial score (nSPS) is 17.7. The first-order valence-electron chi connectivity index (χ1n) is 13.4. The predicted octanol–water partition coefficient (Wildman–Crippen LogP) is 2.24. The molecule has 1 saturated heterocycles.